The van der Waals surface area contributed by atoms with E-state index in [-0.39, 0.29) is 7.92 Å². The summed E-state index contributed by atoms with van der Waals surface area (Å²) in [5.41, 5.74) is 0. The van der Waals surface area contributed by atoms with Crippen LogP contribution in [0.2, 0.25) is 0 Å². The Bertz CT molecular complexity index is 229. The molecule has 0 spiro atoms. The molecule has 64 valence electrons. The van der Waals surface area contributed by atoms with E-state index in [1.807, 2.05) is 0 Å². The molecule has 1 unspecified atom stereocenters. The third kappa shape index (κ3) is 1.85. The largest absolute Gasteiger partial charge is 0.313 e. The van der Waals surface area contributed by atoms with Crippen LogP contribution in [0.15, 0.2) is 30.3 Å². The maximum Gasteiger partial charge on any atom is 0.0196 e. The molecule has 0 aromatic heterocycles. The smallest absolute Gasteiger partial charge is 0.0196 e. The van der Waals surface area contributed by atoms with Crippen molar-refractivity contribution in [3.8, 4) is 0 Å². The number of benzene rings is 1. The summed E-state index contributed by atoms with van der Waals surface area (Å²) in [6, 6.07) is 10.9. The lowest BCUT2D eigenvalue weighted by Gasteiger charge is -2.23. The molecule has 0 radical (unpaired) electrons. The molecule has 12 heavy (non-hydrogen) atoms. The van der Waals surface area contributed by atoms with Gasteiger partial charge in [0.25, 0.3) is 0 Å². The first-order chi connectivity index (χ1) is 5.97. The fourth-order valence-electron chi connectivity index (χ4n) is 1.55. The van der Waals surface area contributed by atoms with E-state index in [4.69, 9.17) is 0 Å². The van der Waals surface area contributed by atoms with E-state index in [0.717, 1.165) is 0 Å². The van der Waals surface area contributed by atoms with Crippen molar-refractivity contribution in [1.82, 2.24) is 5.32 Å². The van der Waals surface area contributed by atoms with Crippen LogP contribution in [0.3, 0.4) is 0 Å². The molecule has 1 N–H and O–H groups in total. The Kier molecular flexibility index (Phi) is 2.75. The highest BCUT2D eigenvalue weighted by Gasteiger charge is 2.12. The Balaban J connectivity index is 2.08. The Morgan fingerprint density at radius 2 is 2.00 bits per heavy atom. The number of hydrogen-bond donors (Lipinski definition) is 1. The summed E-state index contributed by atoms with van der Waals surface area (Å²) in [5, 5.41) is 5.02. The summed E-state index contributed by atoms with van der Waals surface area (Å²) in [5.74, 6) is 0. The fourth-order valence-corrected chi connectivity index (χ4v) is 3.71. The van der Waals surface area contributed by atoms with Gasteiger partial charge in [-0.15, -0.1) is 0 Å². The van der Waals surface area contributed by atoms with Crippen molar-refractivity contribution in [2.75, 3.05) is 19.0 Å². The van der Waals surface area contributed by atoms with Gasteiger partial charge in [0.15, 0.2) is 0 Å². The Hall–Kier alpha value is -0.390. The second kappa shape index (κ2) is 4.02. The fraction of sp³-hybridized carbons (Fsp3) is 0.400. The van der Waals surface area contributed by atoms with Crippen LogP contribution in [0.25, 0.3) is 0 Å². The molecule has 1 aromatic rings. The lowest BCUT2D eigenvalue weighted by molar-refractivity contribution is 0.731. The van der Waals surface area contributed by atoms with Crippen LogP contribution in [-0.4, -0.2) is 19.0 Å². The zero-order valence-corrected chi connectivity index (χ0v) is 8.06. The van der Waals surface area contributed by atoms with E-state index >= 15 is 0 Å². The molecule has 1 fully saturated rings. The van der Waals surface area contributed by atoms with Crippen molar-refractivity contribution in [3.63, 3.8) is 0 Å². The summed E-state index contributed by atoms with van der Waals surface area (Å²) in [7, 11) is 0.122. The Morgan fingerprint density at radius 1 is 1.17 bits per heavy atom. The van der Waals surface area contributed by atoms with Crippen LogP contribution in [0.5, 0.6) is 0 Å². The number of nitrogens with one attached hydrogen (secondary N) is 1. The van der Waals surface area contributed by atoms with Gasteiger partial charge in [0.2, 0.25) is 0 Å². The molecule has 0 amide bonds. The van der Waals surface area contributed by atoms with Crippen molar-refractivity contribution < 1.29 is 0 Å². The van der Waals surface area contributed by atoms with E-state index in [1.165, 1.54) is 25.4 Å². The van der Waals surface area contributed by atoms with E-state index in [9.17, 15) is 0 Å². The second-order valence-electron chi connectivity index (χ2n) is 3.11. The normalized spacial score (nSPS) is 23.8. The van der Waals surface area contributed by atoms with Crippen molar-refractivity contribution in [3.05, 3.63) is 30.3 Å². The average molecular weight is 179 g/mol. The molecule has 2 rings (SSSR count). The summed E-state index contributed by atoms with van der Waals surface area (Å²) in [6.07, 6.45) is 3.98. The lowest BCUT2D eigenvalue weighted by atomic mass is 10.4. The summed E-state index contributed by atoms with van der Waals surface area (Å²) < 4.78 is 0. The minimum atomic E-state index is 0.122. The average Bonchev–Trinajstić information content (AvgIpc) is 2.21. The van der Waals surface area contributed by atoms with Gasteiger partial charge in [-0.25, -0.2) is 0 Å². The van der Waals surface area contributed by atoms with Gasteiger partial charge in [-0.1, -0.05) is 38.3 Å². The van der Waals surface area contributed by atoms with E-state index in [1.54, 1.807) is 5.30 Å². The van der Waals surface area contributed by atoms with Gasteiger partial charge in [-0.2, -0.15) is 0 Å². The molecule has 1 aliphatic heterocycles. The third-order valence-corrected chi connectivity index (χ3v) is 4.70. The van der Waals surface area contributed by atoms with Gasteiger partial charge in [0.05, 0.1) is 0 Å². The maximum absolute atomic E-state index is 3.46. The number of rotatable bonds is 1. The van der Waals surface area contributed by atoms with Gasteiger partial charge in [-0.3, -0.25) is 0 Å². The molecule has 0 bridgehead atoms. The molecule has 1 aliphatic rings. The minimum absolute atomic E-state index is 0.122. The van der Waals surface area contributed by atoms with Crippen LogP contribution in [-0.2, 0) is 0 Å². The predicted octanol–water partition coefficient (Wildman–Crippen LogP) is 1.74. The minimum Gasteiger partial charge on any atom is -0.313 e. The lowest BCUT2D eigenvalue weighted by Crippen LogP contribution is -2.26. The molecular formula is C10H14NP. The van der Waals surface area contributed by atoms with Crippen molar-refractivity contribution in [2.45, 2.75) is 6.42 Å². The molecule has 1 atom stereocenters. The number of hydrogen-bond acceptors (Lipinski definition) is 1. The van der Waals surface area contributed by atoms with E-state index < -0.39 is 0 Å². The van der Waals surface area contributed by atoms with Gasteiger partial charge in [0, 0.05) is 6.29 Å². The molecule has 2 heteroatoms. The topological polar surface area (TPSA) is 12.0 Å². The van der Waals surface area contributed by atoms with E-state index in [2.05, 4.69) is 35.6 Å². The molecule has 1 heterocycles. The second-order valence-corrected chi connectivity index (χ2v) is 5.47. The van der Waals surface area contributed by atoms with Crippen molar-refractivity contribution in [2.24, 2.45) is 0 Å². The zero-order chi connectivity index (χ0) is 8.23. The molecule has 0 saturated carbocycles. The Labute approximate surface area is 74.9 Å². The monoisotopic (exact) mass is 179 g/mol. The zero-order valence-electron chi connectivity index (χ0n) is 7.16. The van der Waals surface area contributed by atoms with Crippen molar-refractivity contribution in [1.29, 1.82) is 0 Å². The summed E-state index contributed by atoms with van der Waals surface area (Å²) in [6.45, 7) is 1.21. The van der Waals surface area contributed by atoms with Crippen LogP contribution >= 0.6 is 7.92 Å². The highest BCUT2D eigenvalue weighted by Crippen LogP contribution is 2.35. The summed E-state index contributed by atoms with van der Waals surface area (Å²) >= 11 is 0. The summed E-state index contributed by atoms with van der Waals surface area (Å²) in [4.78, 5) is 0. The van der Waals surface area contributed by atoms with Gasteiger partial charge >= 0.3 is 0 Å². The third-order valence-electron chi connectivity index (χ3n) is 2.21. The molecular weight excluding hydrogens is 165 g/mol. The quantitative estimate of drug-likeness (QED) is 0.647. The van der Waals surface area contributed by atoms with Crippen LogP contribution in [0, 0.1) is 0 Å². The molecule has 1 nitrogen and oxygen atoms in total. The van der Waals surface area contributed by atoms with Crippen molar-refractivity contribution >= 4 is 13.2 Å². The van der Waals surface area contributed by atoms with Crippen LogP contribution in [0.1, 0.15) is 6.42 Å². The Morgan fingerprint density at radius 3 is 2.67 bits per heavy atom. The SMILES string of the molecule is c1ccc(P2CCCNC2)cc1. The maximum atomic E-state index is 3.46. The molecule has 0 aliphatic carbocycles. The van der Waals surface area contributed by atoms with Crippen LogP contribution in [0.4, 0.5) is 0 Å². The highest BCUT2D eigenvalue weighted by atomic mass is 31.1. The first kappa shape index (κ1) is 8.22. The molecule has 1 aromatic carbocycles. The first-order valence-corrected chi connectivity index (χ1v) is 6.19. The van der Waals surface area contributed by atoms with Gasteiger partial charge in [0.1, 0.15) is 0 Å². The van der Waals surface area contributed by atoms with Crippen LogP contribution < -0.4 is 10.6 Å². The van der Waals surface area contributed by atoms with Gasteiger partial charge < -0.3 is 5.32 Å². The standard InChI is InChI=1S/C10H14NP/c1-2-5-10(6-3-1)12-8-4-7-11-9-12/h1-3,5-6,11H,4,7-9H2. The van der Waals surface area contributed by atoms with Gasteiger partial charge in [-0.05, 0) is 24.4 Å². The van der Waals surface area contributed by atoms with E-state index in [0.29, 0.717) is 0 Å². The molecule has 1 saturated heterocycles. The first-order valence-electron chi connectivity index (χ1n) is 4.47. The predicted molar refractivity (Wildman–Crippen MR) is 55.3 cm³/mol. The highest BCUT2D eigenvalue weighted by molar-refractivity contribution is 7.65.